The zero-order valence-corrected chi connectivity index (χ0v) is 14.8. The maximum atomic E-state index is 12.1. The maximum absolute atomic E-state index is 12.1. The highest BCUT2D eigenvalue weighted by molar-refractivity contribution is 7.89. The van der Waals surface area contributed by atoms with Crippen LogP contribution < -0.4 is 10.0 Å². The van der Waals surface area contributed by atoms with Gasteiger partial charge in [0.2, 0.25) is 15.9 Å². The van der Waals surface area contributed by atoms with Crippen LogP contribution in [0, 0.1) is 6.92 Å². The molecule has 3 N–H and O–H groups in total. The van der Waals surface area contributed by atoms with E-state index in [4.69, 9.17) is 0 Å². The third kappa shape index (κ3) is 6.21. The lowest BCUT2D eigenvalue weighted by Gasteiger charge is -2.08. The Balaban J connectivity index is 1.70. The second kappa shape index (κ2) is 8.64. The fourth-order valence-corrected chi connectivity index (χ4v) is 3.31. The quantitative estimate of drug-likeness (QED) is 0.623. The molecule has 0 heterocycles. The SMILES string of the molecule is Cc1ccc(S(=O)(=O)NCCCNC(=O)Cc2cccc(O)c2)cc1. The van der Waals surface area contributed by atoms with E-state index >= 15 is 0 Å². The summed E-state index contributed by atoms with van der Waals surface area (Å²) in [5, 5.41) is 12.1. The van der Waals surface area contributed by atoms with Crippen molar-refractivity contribution in [3.63, 3.8) is 0 Å². The second-order valence-corrected chi connectivity index (χ2v) is 7.53. The van der Waals surface area contributed by atoms with E-state index in [1.54, 1.807) is 42.5 Å². The van der Waals surface area contributed by atoms with E-state index in [-0.39, 0.29) is 29.5 Å². The average molecular weight is 362 g/mol. The van der Waals surface area contributed by atoms with Gasteiger partial charge in [-0.15, -0.1) is 0 Å². The van der Waals surface area contributed by atoms with Crippen molar-refractivity contribution in [1.29, 1.82) is 0 Å². The van der Waals surface area contributed by atoms with Crippen LogP contribution in [0.1, 0.15) is 17.5 Å². The minimum atomic E-state index is -3.52. The van der Waals surface area contributed by atoms with E-state index < -0.39 is 10.0 Å². The van der Waals surface area contributed by atoms with E-state index in [9.17, 15) is 18.3 Å². The number of nitrogens with one attached hydrogen (secondary N) is 2. The largest absolute Gasteiger partial charge is 0.508 e. The highest BCUT2D eigenvalue weighted by atomic mass is 32.2. The molecule has 2 rings (SSSR count). The minimum Gasteiger partial charge on any atom is -0.508 e. The van der Waals surface area contributed by atoms with E-state index in [0.717, 1.165) is 11.1 Å². The van der Waals surface area contributed by atoms with E-state index in [1.807, 2.05) is 6.92 Å². The molecule has 7 heteroatoms. The van der Waals surface area contributed by atoms with Crippen molar-refractivity contribution in [3.05, 3.63) is 59.7 Å². The van der Waals surface area contributed by atoms with E-state index in [1.165, 1.54) is 6.07 Å². The number of phenols is 1. The molecule has 0 radical (unpaired) electrons. The number of phenolic OH excluding ortho intramolecular Hbond substituents is 1. The Labute approximate surface area is 147 Å². The Morgan fingerprint density at radius 1 is 1.08 bits per heavy atom. The fraction of sp³-hybridized carbons (Fsp3) is 0.278. The van der Waals surface area contributed by atoms with Gasteiger partial charge in [0.05, 0.1) is 11.3 Å². The van der Waals surface area contributed by atoms with Crippen LogP contribution in [0.3, 0.4) is 0 Å². The van der Waals surface area contributed by atoms with Crippen LogP contribution in [0.5, 0.6) is 5.75 Å². The van der Waals surface area contributed by atoms with Crippen molar-refractivity contribution < 1.29 is 18.3 Å². The van der Waals surface area contributed by atoms with Gasteiger partial charge in [-0.1, -0.05) is 29.8 Å². The molecule has 0 fully saturated rings. The van der Waals surface area contributed by atoms with Crippen molar-refractivity contribution in [2.45, 2.75) is 24.7 Å². The molecule has 0 unspecified atom stereocenters. The van der Waals surface area contributed by atoms with Gasteiger partial charge < -0.3 is 10.4 Å². The lowest BCUT2D eigenvalue weighted by atomic mass is 10.1. The number of amides is 1. The standard InChI is InChI=1S/C18H22N2O4S/c1-14-6-8-17(9-7-14)25(23,24)20-11-3-10-19-18(22)13-15-4-2-5-16(21)12-15/h2,4-9,12,20-21H,3,10-11,13H2,1H3,(H,19,22). The number of rotatable bonds is 8. The van der Waals surface area contributed by atoms with Crippen LogP contribution in [0.4, 0.5) is 0 Å². The van der Waals surface area contributed by atoms with Gasteiger partial charge in [0.15, 0.2) is 0 Å². The van der Waals surface area contributed by atoms with Gasteiger partial charge >= 0.3 is 0 Å². The molecule has 2 aromatic carbocycles. The lowest BCUT2D eigenvalue weighted by molar-refractivity contribution is -0.120. The average Bonchev–Trinajstić information content (AvgIpc) is 2.55. The summed E-state index contributed by atoms with van der Waals surface area (Å²) >= 11 is 0. The van der Waals surface area contributed by atoms with Crippen LogP contribution >= 0.6 is 0 Å². The molecular formula is C18H22N2O4S. The Morgan fingerprint density at radius 2 is 1.80 bits per heavy atom. The first-order valence-corrected chi connectivity index (χ1v) is 9.46. The highest BCUT2D eigenvalue weighted by Crippen LogP contribution is 2.11. The molecule has 0 aliphatic heterocycles. The molecule has 6 nitrogen and oxygen atoms in total. The van der Waals surface area contributed by atoms with Crippen molar-refractivity contribution in [3.8, 4) is 5.75 Å². The molecule has 25 heavy (non-hydrogen) atoms. The summed E-state index contributed by atoms with van der Waals surface area (Å²) in [7, 11) is -3.52. The number of hydrogen-bond acceptors (Lipinski definition) is 4. The molecule has 134 valence electrons. The molecule has 0 atom stereocenters. The number of aromatic hydroxyl groups is 1. The molecule has 0 aliphatic rings. The Kier molecular flexibility index (Phi) is 6.55. The van der Waals surface area contributed by atoms with Gasteiger partial charge in [-0.2, -0.15) is 0 Å². The first-order chi connectivity index (χ1) is 11.9. The van der Waals surface area contributed by atoms with Crippen molar-refractivity contribution in [1.82, 2.24) is 10.0 Å². The Bertz CT molecular complexity index is 817. The van der Waals surface area contributed by atoms with Gasteiger partial charge in [0, 0.05) is 13.1 Å². The molecule has 0 saturated heterocycles. The summed E-state index contributed by atoms with van der Waals surface area (Å²) in [5.41, 5.74) is 1.71. The third-order valence-electron chi connectivity index (χ3n) is 3.57. The number of carbonyl (C=O) groups is 1. The number of carbonyl (C=O) groups excluding carboxylic acids is 1. The van der Waals surface area contributed by atoms with Crippen LogP contribution in [-0.4, -0.2) is 32.5 Å². The third-order valence-corrected chi connectivity index (χ3v) is 5.05. The fourth-order valence-electron chi connectivity index (χ4n) is 2.24. The number of benzene rings is 2. The molecule has 0 bridgehead atoms. The zero-order valence-electron chi connectivity index (χ0n) is 14.0. The molecule has 0 saturated carbocycles. The van der Waals surface area contributed by atoms with Gasteiger partial charge in [-0.3, -0.25) is 4.79 Å². The molecule has 0 spiro atoms. The summed E-state index contributed by atoms with van der Waals surface area (Å²) in [6.45, 7) is 2.50. The monoisotopic (exact) mass is 362 g/mol. The molecule has 2 aromatic rings. The second-order valence-electron chi connectivity index (χ2n) is 5.76. The smallest absolute Gasteiger partial charge is 0.240 e. The number of aryl methyl sites for hydroxylation is 1. The van der Waals surface area contributed by atoms with Gasteiger partial charge in [0.1, 0.15) is 5.75 Å². The molecule has 1 amide bonds. The topological polar surface area (TPSA) is 95.5 Å². The maximum Gasteiger partial charge on any atom is 0.240 e. The van der Waals surface area contributed by atoms with E-state index in [2.05, 4.69) is 10.0 Å². The number of sulfonamides is 1. The summed E-state index contributed by atoms with van der Waals surface area (Å²) in [6, 6.07) is 13.1. The van der Waals surface area contributed by atoms with Crippen molar-refractivity contribution in [2.24, 2.45) is 0 Å². The summed E-state index contributed by atoms with van der Waals surface area (Å²) in [6.07, 6.45) is 0.653. The van der Waals surface area contributed by atoms with Crippen LogP contribution in [0.2, 0.25) is 0 Å². The number of hydrogen-bond donors (Lipinski definition) is 3. The Morgan fingerprint density at radius 3 is 2.48 bits per heavy atom. The normalized spacial score (nSPS) is 11.2. The zero-order chi connectivity index (χ0) is 18.3. The summed E-state index contributed by atoms with van der Waals surface area (Å²) in [5.74, 6) is -0.0530. The van der Waals surface area contributed by atoms with Gasteiger partial charge in [-0.05, 0) is 43.2 Å². The summed E-state index contributed by atoms with van der Waals surface area (Å²) < 4.78 is 26.7. The molecule has 0 aliphatic carbocycles. The highest BCUT2D eigenvalue weighted by Gasteiger charge is 2.12. The van der Waals surface area contributed by atoms with E-state index in [0.29, 0.717) is 13.0 Å². The summed E-state index contributed by atoms with van der Waals surface area (Å²) in [4.78, 5) is 12.0. The first-order valence-electron chi connectivity index (χ1n) is 7.98. The lowest BCUT2D eigenvalue weighted by Crippen LogP contribution is -2.30. The van der Waals surface area contributed by atoms with Gasteiger partial charge in [-0.25, -0.2) is 13.1 Å². The van der Waals surface area contributed by atoms with Crippen molar-refractivity contribution >= 4 is 15.9 Å². The van der Waals surface area contributed by atoms with Crippen LogP contribution in [-0.2, 0) is 21.2 Å². The molecule has 0 aromatic heterocycles. The van der Waals surface area contributed by atoms with Crippen LogP contribution in [0.25, 0.3) is 0 Å². The predicted octanol–water partition coefficient (Wildman–Crippen LogP) is 1.73. The Hall–Kier alpha value is -2.38. The van der Waals surface area contributed by atoms with Crippen molar-refractivity contribution in [2.75, 3.05) is 13.1 Å². The predicted molar refractivity (Wildman–Crippen MR) is 95.8 cm³/mol. The van der Waals surface area contributed by atoms with Crippen LogP contribution in [0.15, 0.2) is 53.4 Å². The van der Waals surface area contributed by atoms with Gasteiger partial charge in [0.25, 0.3) is 0 Å². The minimum absolute atomic E-state index is 0.121. The first kappa shape index (κ1) is 19.0. The molecular weight excluding hydrogens is 340 g/mol.